The summed E-state index contributed by atoms with van der Waals surface area (Å²) in [5, 5.41) is 4.53. The molecule has 0 N–H and O–H groups in total. The molecular formula is C14H14BrClN4. The highest BCUT2D eigenvalue weighted by atomic mass is 79.9. The lowest BCUT2D eigenvalue weighted by Crippen LogP contribution is -2.04. The monoisotopic (exact) mass is 352 g/mol. The number of benzene rings is 1. The van der Waals surface area contributed by atoms with Gasteiger partial charge in [-0.15, -0.1) is 11.6 Å². The van der Waals surface area contributed by atoms with Crippen molar-refractivity contribution in [2.24, 2.45) is 7.05 Å². The number of rotatable bonds is 3. The molecule has 3 rings (SSSR count). The van der Waals surface area contributed by atoms with Crippen molar-refractivity contribution in [1.82, 2.24) is 19.3 Å². The van der Waals surface area contributed by atoms with Crippen LogP contribution in [0.25, 0.3) is 16.9 Å². The number of alkyl halides is 1. The third-order valence-corrected chi connectivity index (χ3v) is 4.03. The van der Waals surface area contributed by atoms with E-state index < -0.39 is 0 Å². The van der Waals surface area contributed by atoms with Crippen molar-refractivity contribution in [2.45, 2.75) is 19.2 Å². The number of fused-ring (bicyclic) bond motifs is 1. The zero-order valence-corrected chi connectivity index (χ0v) is 13.6. The summed E-state index contributed by atoms with van der Waals surface area (Å²) in [5.41, 5.74) is 3.95. The van der Waals surface area contributed by atoms with Gasteiger partial charge in [-0.2, -0.15) is 5.10 Å². The van der Waals surface area contributed by atoms with Crippen LogP contribution in [0.2, 0.25) is 0 Å². The number of aryl methyl sites for hydroxylation is 2. The van der Waals surface area contributed by atoms with E-state index in [0.717, 1.165) is 39.3 Å². The molecule has 0 spiro atoms. The summed E-state index contributed by atoms with van der Waals surface area (Å²) >= 11 is 9.58. The topological polar surface area (TPSA) is 35.6 Å². The highest BCUT2D eigenvalue weighted by Gasteiger charge is 2.19. The molecule has 0 amide bonds. The normalized spacial score (nSPS) is 11.4. The van der Waals surface area contributed by atoms with Gasteiger partial charge in [0.15, 0.2) is 5.65 Å². The third-order valence-electron chi connectivity index (χ3n) is 3.29. The van der Waals surface area contributed by atoms with Crippen LogP contribution in [0.3, 0.4) is 0 Å². The van der Waals surface area contributed by atoms with E-state index in [1.165, 1.54) is 0 Å². The molecule has 0 bridgehead atoms. The zero-order chi connectivity index (χ0) is 14.3. The van der Waals surface area contributed by atoms with E-state index in [0.29, 0.717) is 5.88 Å². The summed E-state index contributed by atoms with van der Waals surface area (Å²) in [4.78, 5) is 4.66. The van der Waals surface area contributed by atoms with Gasteiger partial charge in [-0.1, -0.05) is 28.9 Å². The summed E-state index contributed by atoms with van der Waals surface area (Å²) in [5.74, 6) is 1.20. The van der Waals surface area contributed by atoms with Crippen LogP contribution in [0.4, 0.5) is 0 Å². The summed E-state index contributed by atoms with van der Waals surface area (Å²) < 4.78 is 4.97. The first-order valence-corrected chi connectivity index (χ1v) is 7.73. The van der Waals surface area contributed by atoms with Gasteiger partial charge in [0.25, 0.3) is 0 Å². The minimum absolute atomic E-state index is 0.365. The summed E-state index contributed by atoms with van der Waals surface area (Å²) in [6, 6.07) is 8.09. The molecule has 0 aliphatic carbocycles. The smallest absolute Gasteiger partial charge is 0.163 e. The highest BCUT2D eigenvalue weighted by molar-refractivity contribution is 9.10. The van der Waals surface area contributed by atoms with Gasteiger partial charge in [-0.3, -0.25) is 4.57 Å². The van der Waals surface area contributed by atoms with Gasteiger partial charge in [0, 0.05) is 17.2 Å². The van der Waals surface area contributed by atoms with Crippen LogP contribution in [0.5, 0.6) is 0 Å². The van der Waals surface area contributed by atoms with Crippen LogP contribution in [-0.2, 0) is 19.3 Å². The number of halogens is 2. The number of nitrogens with zero attached hydrogens (tertiary/aromatic N) is 4. The van der Waals surface area contributed by atoms with Gasteiger partial charge < -0.3 is 0 Å². The van der Waals surface area contributed by atoms with E-state index in [1.54, 1.807) is 0 Å². The first-order valence-electron chi connectivity index (χ1n) is 6.40. The fourth-order valence-electron chi connectivity index (χ4n) is 2.44. The summed E-state index contributed by atoms with van der Waals surface area (Å²) in [7, 11) is 1.94. The maximum absolute atomic E-state index is 6.07. The van der Waals surface area contributed by atoms with Crippen LogP contribution < -0.4 is 0 Å². The number of hydrogen-bond acceptors (Lipinski definition) is 2. The Morgan fingerprint density at radius 2 is 2.15 bits per heavy atom. The van der Waals surface area contributed by atoms with Crippen LogP contribution in [0, 0.1) is 0 Å². The molecule has 0 radical (unpaired) electrons. The van der Waals surface area contributed by atoms with E-state index in [9.17, 15) is 0 Å². The Balaban J connectivity index is 2.36. The fraction of sp³-hybridized carbons (Fsp3) is 0.286. The fourth-order valence-corrected chi connectivity index (χ4v) is 3.01. The molecule has 20 heavy (non-hydrogen) atoms. The molecule has 6 heteroatoms. The highest BCUT2D eigenvalue weighted by Crippen LogP contribution is 2.26. The second kappa shape index (κ2) is 5.22. The van der Waals surface area contributed by atoms with E-state index in [2.05, 4.69) is 43.6 Å². The van der Waals surface area contributed by atoms with Gasteiger partial charge in [0.05, 0.1) is 11.6 Å². The Hall–Kier alpha value is -1.33. The van der Waals surface area contributed by atoms with E-state index in [4.69, 9.17) is 11.6 Å². The van der Waals surface area contributed by atoms with Crippen LogP contribution in [0.15, 0.2) is 28.7 Å². The van der Waals surface area contributed by atoms with Crippen LogP contribution in [0.1, 0.15) is 18.4 Å². The zero-order valence-electron chi connectivity index (χ0n) is 11.3. The molecule has 0 atom stereocenters. The SMILES string of the molecule is CCc1nn(C)c2c1nc(CCl)n2-c1cccc(Br)c1. The molecular weight excluding hydrogens is 340 g/mol. The van der Waals surface area contributed by atoms with E-state index in [1.807, 2.05) is 29.9 Å². The van der Waals surface area contributed by atoms with Gasteiger partial charge >= 0.3 is 0 Å². The van der Waals surface area contributed by atoms with Crippen molar-refractivity contribution < 1.29 is 0 Å². The van der Waals surface area contributed by atoms with Gasteiger partial charge in [-0.05, 0) is 24.6 Å². The van der Waals surface area contributed by atoms with Crippen molar-refractivity contribution in [1.29, 1.82) is 0 Å². The molecule has 0 fully saturated rings. The first-order chi connectivity index (χ1) is 9.65. The Kier molecular flexibility index (Phi) is 3.56. The molecule has 2 aromatic heterocycles. The van der Waals surface area contributed by atoms with Crippen LogP contribution >= 0.6 is 27.5 Å². The van der Waals surface area contributed by atoms with Crippen molar-refractivity contribution in [3.8, 4) is 5.69 Å². The summed E-state index contributed by atoms with van der Waals surface area (Å²) in [6.07, 6.45) is 0.856. The van der Waals surface area contributed by atoms with Gasteiger partial charge in [0.2, 0.25) is 0 Å². The Morgan fingerprint density at radius 1 is 1.35 bits per heavy atom. The second-order valence-corrected chi connectivity index (χ2v) is 5.76. The Morgan fingerprint density at radius 3 is 2.80 bits per heavy atom. The molecule has 0 aliphatic heterocycles. The molecule has 0 saturated carbocycles. The molecule has 0 unspecified atom stereocenters. The van der Waals surface area contributed by atoms with Crippen molar-refractivity contribution >= 4 is 38.7 Å². The lowest BCUT2D eigenvalue weighted by Gasteiger charge is -2.08. The summed E-state index contributed by atoms with van der Waals surface area (Å²) in [6.45, 7) is 2.08. The van der Waals surface area contributed by atoms with Gasteiger partial charge in [-0.25, -0.2) is 9.67 Å². The molecule has 1 aromatic carbocycles. The average Bonchev–Trinajstić information content (AvgIpc) is 2.96. The van der Waals surface area contributed by atoms with Crippen molar-refractivity contribution in [2.75, 3.05) is 0 Å². The number of imidazole rings is 1. The lowest BCUT2D eigenvalue weighted by atomic mass is 10.3. The predicted molar refractivity (Wildman–Crippen MR) is 84.5 cm³/mol. The largest absolute Gasteiger partial charge is 0.280 e. The predicted octanol–water partition coefficient (Wildman–Crippen LogP) is 3.82. The number of aromatic nitrogens is 4. The maximum atomic E-state index is 6.07. The van der Waals surface area contributed by atoms with Crippen molar-refractivity contribution in [3.63, 3.8) is 0 Å². The standard InChI is InChI=1S/C14H14BrClN4/c1-3-11-13-14(19(2)18-11)20(12(8-16)17-13)10-6-4-5-9(15)7-10/h4-7H,3,8H2,1-2H3. The van der Waals surface area contributed by atoms with Gasteiger partial charge in [0.1, 0.15) is 11.3 Å². The first kappa shape index (κ1) is 13.6. The van der Waals surface area contributed by atoms with Crippen molar-refractivity contribution in [3.05, 3.63) is 40.3 Å². The molecule has 104 valence electrons. The molecule has 0 aliphatic rings. The molecule has 4 nitrogen and oxygen atoms in total. The number of hydrogen-bond donors (Lipinski definition) is 0. The van der Waals surface area contributed by atoms with E-state index in [-0.39, 0.29) is 0 Å². The third kappa shape index (κ3) is 2.05. The van der Waals surface area contributed by atoms with Crippen LogP contribution in [-0.4, -0.2) is 19.3 Å². The lowest BCUT2D eigenvalue weighted by molar-refractivity contribution is 0.744. The molecule has 2 heterocycles. The van der Waals surface area contributed by atoms with E-state index >= 15 is 0 Å². The molecule has 3 aromatic rings. The maximum Gasteiger partial charge on any atom is 0.163 e. The quantitative estimate of drug-likeness (QED) is 0.671. The Labute approximate surface area is 130 Å². The second-order valence-electron chi connectivity index (χ2n) is 4.57. The average molecular weight is 354 g/mol. The minimum atomic E-state index is 0.365. The minimum Gasteiger partial charge on any atom is -0.280 e. The Bertz CT molecular complexity index is 775. The molecule has 0 saturated heterocycles.